The predicted octanol–water partition coefficient (Wildman–Crippen LogP) is 12.3. The Hall–Kier alpha value is -3.53. The number of anilines is 6. The van der Waals surface area contributed by atoms with E-state index >= 15 is 0 Å². The first kappa shape index (κ1) is 43.1. The summed E-state index contributed by atoms with van der Waals surface area (Å²) in [6.07, 6.45) is 6.81. The fourth-order valence-electron chi connectivity index (χ4n) is 11.2. The molecule has 0 fully saturated rings. The Balaban J connectivity index is 1.32. The van der Waals surface area contributed by atoms with Crippen molar-refractivity contribution in [3.05, 3.63) is 148 Å². The van der Waals surface area contributed by atoms with Crippen molar-refractivity contribution in [2.45, 2.75) is 118 Å². The van der Waals surface area contributed by atoms with Crippen molar-refractivity contribution < 1.29 is 0 Å². The Kier molecular flexibility index (Phi) is 9.75. The fourth-order valence-corrected chi connectivity index (χ4v) is 18.2. The van der Waals surface area contributed by atoms with Crippen LogP contribution in [0.1, 0.15) is 127 Å². The van der Waals surface area contributed by atoms with Crippen LogP contribution in [0.4, 0.5) is 34.1 Å². The summed E-state index contributed by atoms with van der Waals surface area (Å²) < 4.78 is 5.59. The van der Waals surface area contributed by atoms with E-state index in [1.54, 1.807) is 0 Å². The van der Waals surface area contributed by atoms with Crippen LogP contribution in [0.25, 0.3) is 22.7 Å². The standard InChI is InChI=1S/C58H58N3P.2Pb/c1-35-27-52-48(32-43(35)57(8,9)10)59(38-21-17-19-36(28-38)55(2,3)4)50-30-40(61-46-25-15-13-23-41(46)42-24-14-16-26-47(42)61)31-51-54(50)62(52)53-34-45-44(58(45,11)12)33-49(53)60(51)39-22-18-20-37(29-39)56(5,6)7;;/h13-15,17-18,21-25,27-34H,16,26H2,1-12H3;;. The molecule has 0 N–H and O–H groups in total. The molecule has 0 amide bonds. The van der Waals surface area contributed by atoms with Gasteiger partial charge in [-0.25, -0.2) is 0 Å². The summed E-state index contributed by atoms with van der Waals surface area (Å²) in [5.74, 6) is 0. The maximum atomic E-state index is 2.70. The normalized spacial score (nSPS) is 16.9. The molecule has 6 aromatic carbocycles. The number of hydrogen-bond acceptors (Lipinski definition) is 2. The summed E-state index contributed by atoms with van der Waals surface area (Å²) >= 11 is 2.02. The van der Waals surface area contributed by atoms with E-state index < -0.39 is 7.92 Å². The Morgan fingerprint density at radius 1 is 0.578 bits per heavy atom. The molecule has 1 atom stereocenters. The topological polar surface area (TPSA) is 11.4 Å². The molecule has 7 aromatic rings. The zero-order chi connectivity index (χ0) is 45.2. The van der Waals surface area contributed by atoms with E-state index in [0.717, 1.165) is 64.4 Å². The van der Waals surface area contributed by atoms with Gasteiger partial charge in [-0.15, -0.1) is 0 Å². The molecule has 11 rings (SSSR count). The number of benzene rings is 6. The van der Waals surface area contributed by atoms with Crippen molar-refractivity contribution in [3.63, 3.8) is 0 Å². The van der Waals surface area contributed by atoms with Gasteiger partial charge in [-0.2, -0.15) is 0 Å². The van der Waals surface area contributed by atoms with Crippen molar-refractivity contribution in [1.82, 2.24) is 4.57 Å². The molecule has 1 unspecified atom stereocenters. The van der Waals surface area contributed by atoms with Gasteiger partial charge in [0.1, 0.15) is 0 Å². The van der Waals surface area contributed by atoms with Gasteiger partial charge >= 0.3 is 406 Å². The number of aromatic nitrogens is 1. The van der Waals surface area contributed by atoms with Crippen LogP contribution in [0.3, 0.4) is 0 Å². The molecule has 0 saturated carbocycles. The third-order valence-corrected chi connectivity index (χ3v) is 20.5. The molecular formula is C58H58N3PPb2. The van der Waals surface area contributed by atoms with Crippen LogP contribution in [-0.4, -0.2) is 56.1 Å². The van der Waals surface area contributed by atoms with Crippen LogP contribution < -0.4 is 32.0 Å². The number of hydrogen-bond donors (Lipinski definition) is 0. The number of fused-ring (bicyclic) bond motifs is 8. The second-order valence-electron chi connectivity index (χ2n) is 22.4. The van der Waals surface area contributed by atoms with Crippen molar-refractivity contribution in [3.8, 4) is 5.69 Å². The maximum absolute atomic E-state index is 2.70. The first-order valence-corrected chi connectivity index (χ1v) is 28.3. The van der Waals surface area contributed by atoms with Gasteiger partial charge in [-0.1, -0.05) is 12.1 Å². The monoisotopic (exact) mass is 1240 g/mol. The molecule has 1 aromatic heterocycles. The van der Waals surface area contributed by atoms with Crippen molar-refractivity contribution in [2.24, 2.45) is 0 Å². The van der Waals surface area contributed by atoms with E-state index in [1.165, 1.54) is 118 Å². The van der Waals surface area contributed by atoms with Crippen molar-refractivity contribution in [2.75, 3.05) is 9.80 Å². The number of allylic oxidation sites excluding steroid dienone is 1. The average molecular weight is 1240 g/mol. The van der Waals surface area contributed by atoms with Crippen LogP contribution in [-0.2, 0) is 28.1 Å². The van der Waals surface area contributed by atoms with Gasteiger partial charge in [0, 0.05) is 0 Å². The zero-order valence-electron chi connectivity index (χ0n) is 39.6. The zero-order valence-corrected chi connectivity index (χ0v) is 48.3. The molecule has 2 aliphatic heterocycles. The van der Waals surface area contributed by atoms with Crippen LogP contribution in [0.2, 0.25) is 0 Å². The molecule has 6 heteroatoms. The summed E-state index contributed by atoms with van der Waals surface area (Å²) in [4.78, 5) is 5.39. The molecule has 6 radical (unpaired) electrons. The average Bonchev–Trinajstić information content (AvgIpc) is 3.59. The van der Waals surface area contributed by atoms with Gasteiger partial charge in [-0.05, 0) is 0 Å². The second-order valence-corrected chi connectivity index (χ2v) is 28.6. The third-order valence-electron chi connectivity index (χ3n) is 14.5. The van der Waals surface area contributed by atoms with E-state index in [-0.39, 0.29) is 21.7 Å². The number of aryl methyl sites for hydroxylation is 1. The minimum atomic E-state index is -0.951. The first-order chi connectivity index (χ1) is 30.1. The van der Waals surface area contributed by atoms with Crippen molar-refractivity contribution >= 4 is 133 Å². The van der Waals surface area contributed by atoms with E-state index in [4.69, 9.17) is 0 Å². The van der Waals surface area contributed by atoms with Gasteiger partial charge < -0.3 is 0 Å². The Bertz CT molecular complexity index is 3200. The Labute approximate surface area is 414 Å². The van der Waals surface area contributed by atoms with Crippen LogP contribution >= 0.6 is 7.92 Å². The van der Waals surface area contributed by atoms with E-state index in [9.17, 15) is 0 Å². The van der Waals surface area contributed by atoms with Crippen LogP contribution in [0.15, 0.2) is 103 Å². The molecule has 3 heterocycles. The molecule has 3 nitrogen and oxygen atoms in total. The minimum absolute atomic E-state index is 0.0189. The fraction of sp³-hybridized carbons (Fsp3) is 0.310. The molecule has 318 valence electrons. The van der Waals surface area contributed by atoms with Gasteiger partial charge in [0.15, 0.2) is 0 Å². The number of nitrogens with zero attached hydrogens (tertiary/aromatic N) is 3. The summed E-state index contributed by atoms with van der Waals surface area (Å²) in [5, 5.41) is 5.74. The first-order valence-electron chi connectivity index (χ1n) is 23.1. The molecule has 0 saturated heterocycles. The summed E-state index contributed by atoms with van der Waals surface area (Å²) in [5.41, 5.74) is 21.9. The number of para-hydroxylation sites is 1. The predicted molar refractivity (Wildman–Crippen MR) is 280 cm³/mol. The summed E-state index contributed by atoms with van der Waals surface area (Å²) in [7, 11) is -0.951. The SMILES string of the molecule is Cc1cc2c(cc1C(C)(C)C)N(c1cc[c]([Pb])c(C(C)(C)C)c1)c1cc(-n3c4c(c5ccccc53)C=CCC4)cc3c1P2c1cc2c(cc1N3c1cc[c]([Pb])c(C(C)(C)C)c1)C2(C)C. The molecule has 64 heavy (non-hydrogen) atoms. The van der Waals surface area contributed by atoms with Gasteiger partial charge in [-0.3, -0.25) is 0 Å². The van der Waals surface area contributed by atoms with E-state index in [0.29, 0.717) is 0 Å². The molecule has 2 aliphatic carbocycles. The molecular weight excluding hydrogens is 1180 g/mol. The Morgan fingerprint density at radius 3 is 1.72 bits per heavy atom. The number of rotatable bonds is 3. The van der Waals surface area contributed by atoms with Gasteiger partial charge in [0.25, 0.3) is 0 Å². The van der Waals surface area contributed by atoms with Crippen LogP contribution in [0.5, 0.6) is 0 Å². The molecule has 4 aliphatic rings. The van der Waals surface area contributed by atoms with E-state index in [1.807, 2.05) is 0 Å². The Morgan fingerprint density at radius 2 is 1.12 bits per heavy atom. The molecule has 0 spiro atoms. The van der Waals surface area contributed by atoms with Crippen LogP contribution in [0, 0.1) is 6.92 Å². The van der Waals surface area contributed by atoms with Crippen molar-refractivity contribution in [1.29, 1.82) is 0 Å². The molecule has 0 bridgehead atoms. The second kappa shape index (κ2) is 14.5. The van der Waals surface area contributed by atoms with Gasteiger partial charge in [0.2, 0.25) is 0 Å². The summed E-state index contributed by atoms with van der Waals surface area (Å²) in [6.45, 7) is 28.7. The quantitative estimate of drug-likeness (QED) is 0.129. The van der Waals surface area contributed by atoms with E-state index in [2.05, 4.69) is 207 Å². The van der Waals surface area contributed by atoms with Gasteiger partial charge in [0.05, 0.1) is 0 Å². The third kappa shape index (κ3) is 6.49. The summed E-state index contributed by atoms with van der Waals surface area (Å²) in [6, 6.07) is 39.5.